The van der Waals surface area contributed by atoms with Crippen LogP contribution in [0, 0.1) is 5.82 Å². The van der Waals surface area contributed by atoms with E-state index in [9.17, 15) is 22.4 Å². The predicted molar refractivity (Wildman–Crippen MR) is 92.6 cm³/mol. The minimum atomic E-state index is -3.37. The molecule has 25 heavy (non-hydrogen) atoms. The largest absolute Gasteiger partial charge is 0.452 e. The molecule has 0 aliphatic carbocycles. The summed E-state index contributed by atoms with van der Waals surface area (Å²) in [6.45, 7) is -0.609. The highest BCUT2D eigenvalue weighted by Gasteiger charge is 2.13. The maximum atomic E-state index is 13.6. The van der Waals surface area contributed by atoms with Crippen molar-refractivity contribution in [2.24, 2.45) is 0 Å². The number of sulfone groups is 1. The maximum Gasteiger partial charge on any atom is 0.338 e. The van der Waals surface area contributed by atoms with Crippen LogP contribution in [0.25, 0.3) is 0 Å². The molecule has 0 saturated heterocycles. The summed E-state index contributed by atoms with van der Waals surface area (Å²) in [5.41, 5.74) is 0.0526. The van der Waals surface area contributed by atoms with Gasteiger partial charge >= 0.3 is 5.97 Å². The number of hydrogen-bond donors (Lipinski definition) is 1. The van der Waals surface area contributed by atoms with Crippen LogP contribution in [0.1, 0.15) is 10.4 Å². The molecule has 0 bridgehead atoms. The number of amides is 1. The molecule has 0 aliphatic rings. The lowest BCUT2D eigenvalue weighted by molar-refractivity contribution is -0.119. The smallest absolute Gasteiger partial charge is 0.338 e. The summed E-state index contributed by atoms with van der Waals surface area (Å²) in [5, 5.41) is 2.28. The highest BCUT2D eigenvalue weighted by Crippen LogP contribution is 2.19. The first-order valence-corrected chi connectivity index (χ1v) is 9.57. The minimum Gasteiger partial charge on any atom is -0.452 e. The third-order valence-corrected chi connectivity index (χ3v) is 4.68. The molecule has 2 aromatic carbocycles. The Hall–Kier alpha value is -2.26. The molecule has 2 aromatic rings. The molecule has 0 saturated carbocycles. The number of ether oxygens (including phenoxy) is 1. The number of nitrogens with one attached hydrogen (secondary N) is 1. The standard InChI is InChI=1S/C16H13BrFNO5S/c1-25(22,23)12-5-2-10(3-6-12)16(21)24-9-15(20)19-14-7-4-11(17)8-13(14)18/h2-8H,9H2,1H3,(H,19,20). The molecule has 9 heteroatoms. The van der Waals surface area contributed by atoms with Gasteiger partial charge in [-0.15, -0.1) is 0 Å². The molecule has 132 valence electrons. The normalized spacial score (nSPS) is 11.0. The van der Waals surface area contributed by atoms with Crippen LogP contribution in [-0.4, -0.2) is 33.2 Å². The third kappa shape index (κ3) is 5.36. The highest BCUT2D eigenvalue weighted by atomic mass is 79.9. The number of halogens is 2. The SMILES string of the molecule is CS(=O)(=O)c1ccc(C(=O)OCC(=O)Nc2ccc(Br)cc2F)cc1. The second-order valence-corrected chi connectivity index (χ2v) is 7.98. The van der Waals surface area contributed by atoms with E-state index in [4.69, 9.17) is 4.74 Å². The fourth-order valence-electron chi connectivity index (χ4n) is 1.83. The van der Waals surface area contributed by atoms with E-state index in [0.717, 1.165) is 6.26 Å². The van der Waals surface area contributed by atoms with Crippen molar-refractivity contribution in [3.05, 3.63) is 58.3 Å². The van der Waals surface area contributed by atoms with E-state index in [-0.39, 0.29) is 16.1 Å². The number of esters is 1. The van der Waals surface area contributed by atoms with Crippen molar-refractivity contribution in [3.8, 4) is 0 Å². The van der Waals surface area contributed by atoms with E-state index in [1.807, 2.05) is 0 Å². The van der Waals surface area contributed by atoms with E-state index in [2.05, 4.69) is 21.2 Å². The summed E-state index contributed by atoms with van der Waals surface area (Å²) in [4.78, 5) is 23.6. The van der Waals surface area contributed by atoms with Crippen LogP contribution in [0.5, 0.6) is 0 Å². The van der Waals surface area contributed by atoms with E-state index < -0.39 is 34.1 Å². The van der Waals surface area contributed by atoms with Gasteiger partial charge in [-0.2, -0.15) is 0 Å². The molecule has 0 spiro atoms. The van der Waals surface area contributed by atoms with Crippen LogP contribution in [-0.2, 0) is 19.4 Å². The maximum absolute atomic E-state index is 13.6. The molecule has 0 radical (unpaired) electrons. The molecular weight excluding hydrogens is 417 g/mol. The first kappa shape index (κ1) is 19.1. The van der Waals surface area contributed by atoms with E-state index in [0.29, 0.717) is 4.47 Å². The Bertz CT molecular complexity index is 913. The lowest BCUT2D eigenvalue weighted by atomic mass is 10.2. The van der Waals surface area contributed by atoms with Crippen molar-refractivity contribution < 1.29 is 27.1 Å². The fraction of sp³-hybridized carbons (Fsp3) is 0.125. The lowest BCUT2D eigenvalue weighted by Gasteiger charge is -2.08. The summed E-state index contributed by atoms with van der Waals surface area (Å²) in [6, 6.07) is 9.20. The summed E-state index contributed by atoms with van der Waals surface area (Å²) in [5.74, 6) is -2.14. The zero-order chi connectivity index (χ0) is 18.6. The second kappa shape index (κ2) is 7.75. The van der Waals surface area contributed by atoms with E-state index >= 15 is 0 Å². The Morgan fingerprint density at radius 2 is 1.80 bits per heavy atom. The number of carbonyl (C=O) groups excluding carboxylic acids is 2. The van der Waals surface area contributed by atoms with Gasteiger partial charge in [0.2, 0.25) is 0 Å². The van der Waals surface area contributed by atoms with Gasteiger partial charge in [-0.1, -0.05) is 15.9 Å². The third-order valence-electron chi connectivity index (χ3n) is 3.06. The number of anilines is 1. The van der Waals surface area contributed by atoms with Gasteiger partial charge in [-0.3, -0.25) is 4.79 Å². The van der Waals surface area contributed by atoms with Crippen LogP contribution in [0.2, 0.25) is 0 Å². The Morgan fingerprint density at radius 3 is 2.36 bits per heavy atom. The molecule has 0 aliphatic heterocycles. The molecule has 6 nitrogen and oxygen atoms in total. The van der Waals surface area contributed by atoms with Gasteiger partial charge in [0.25, 0.3) is 5.91 Å². The Morgan fingerprint density at radius 1 is 1.16 bits per heavy atom. The van der Waals surface area contributed by atoms with Gasteiger partial charge in [-0.05, 0) is 42.5 Å². The van der Waals surface area contributed by atoms with Gasteiger partial charge in [0, 0.05) is 10.7 Å². The van der Waals surface area contributed by atoms with Crippen LogP contribution < -0.4 is 5.32 Å². The average Bonchev–Trinajstić information content (AvgIpc) is 2.54. The van der Waals surface area contributed by atoms with Crippen molar-refractivity contribution in [3.63, 3.8) is 0 Å². The quantitative estimate of drug-likeness (QED) is 0.737. The van der Waals surface area contributed by atoms with Crippen LogP contribution in [0.3, 0.4) is 0 Å². The Balaban J connectivity index is 1.94. The van der Waals surface area contributed by atoms with E-state index in [1.165, 1.54) is 36.4 Å². The summed E-state index contributed by atoms with van der Waals surface area (Å²) in [7, 11) is -3.37. The number of benzene rings is 2. The van der Waals surface area contributed by atoms with Gasteiger partial charge in [0.1, 0.15) is 5.82 Å². The molecule has 2 rings (SSSR count). The molecule has 0 heterocycles. The molecule has 0 unspecified atom stereocenters. The zero-order valence-corrected chi connectivity index (χ0v) is 15.4. The average molecular weight is 430 g/mol. The van der Waals surface area contributed by atoms with Gasteiger partial charge in [-0.25, -0.2) is 17.6 Å². The van der Waals surface area contributed by atoms with Crippen LogP contribution in [0.4, 0.5) is 10.1 Å². The second-order valence-electron chi connectivity index (χ2n) is 5.05. The lowest BCUT2D eigenvalue weighted by Crippen LogP contribution is -2.21. The zero-order valence-electron chi connectivity index (χ0n) is 13.0. The van der Waals surface area contributed by atoms with Crippen molar-refractivity contribution in [1.82, 2.24) is 0 Å². The number of hydrogen-bond acceptors (Lipinski definition) is 5. The topological polar surface area (TPSA) is 89.5 Å². The number of rotatable bonds is 5. The first-order chi connectivity index (χ1) is 11.7. The fourth-order valence-corrected chi connectivity index (χ4v) is 2.79. The Labute approximate surface area is 152 Å². The minimum absolute atomic E-state index is 0.0400. The van der Waals surface area contributed by atoms with Crippen molar-refractivity contribution in [2.75, 3.05) is 18.2 Å². The predicted octanol–water partition coefficient (Wildman–Crippen LogP) is 2.79. The molecule has 1 N–H and O–H groups in total. The Kier molecular flexibility index (Phi) is 5.91. The molecular formula is C16H13BrFNO5S. The summed E-state index contributed by atoms with van der Waals surface area (Å²) >= 11 is 3.10. The molecule has 0 atom stereocenters. The summed E-state index contributed by atoms with van der Waals surface area (Å²) < 4.78 is 41.6. The van der Waals surface area contributed by atoms with Crippen LogP contribution >= 0.6 is 15.9 Å². The highest BCUT2D eigenvalue weighted by molar-refractivity contribution is 9.10. The first-order valence-electron chi connectivity index (χ1n) is 6.89. The van der Waals surface area contributed by atoms with Gasteiger partial charge in [0.15, 0.2) is 16.4 Å². The van der Waals surface area contributed by atoms with Crippen molar-refractivity contribution >= 4 is 43.3 Å². The molecule has 1 amide bonds. The van der Waals surface area contributed by atoms with Crippen LogP contribution in [0.15, 0.2) is 51.8 Å². The monoisotopic (exact) mass is 429 g/mol. The van der Waals surface area contributed by atoms with Gasteiger partial charge < -0.3 is 10.1 Å². The van der Waals surface area contributed by atoms with Crippen molar-refractivity contribution in [1.29, 1.82) is 0 Å². The summed E-state index contributed by atoms with van der Waals surface area (Å²) in [6.07, 6.45) is 1.05. The van der Waals surface area contributed by atoms with Crippen molar-refractivity contribution in [2.45, 2.75) is 4.90 Å². The molecule has 0 fully saturated rings. The molecule has 0 aromatic heterocycles. The van der Waals surface area contributed by atoms with Gasteiger partial charge in [0.05, 0.1) is 16.1 Å². The van der Waals surface area contributed by atoms with E-state index in [1.54, 1.807) is 6.07 Å². The number of carbonyl (C=O) groups is 2.